The van der Waals surface area contributed by atoms with Crippen molar-refractivity contribution in [3.05, 3.63) is 29.3 Å². The molecule has 0 spiro atoms. The Morgan fingerprint density at radius 1 is 1.67 bits per heavy atom. The Labute approximate surface area is 91.7 Å². The van der Waals surface area contributed by atoms with Crippen LogP contribution in [0.25, 0.3) is 0 Å². The number of ether oxygens (including phenoxy) is 1. The van der Waals surface area contributed by atoms with Gasteiger partial charge in [0, 0.05) is 0 Å². The summed E-state index contributed by atoms with van der Waals surface area (Å²) in [6, 6.07) is 6.19. The first-order valence-corrected chi connectivity index (χ1v) is 4.48. The van der Waals surface area contributed by atoms with Gasteiger partial charge in [0.15, 0.2) is 0 Å². The summed E-state index contributed by atoms with van der Waals surface area (Å²) >= 11 is 5.67. The Bertz CT molecular complexity index is 425. The number of halogens is 1. The lowest BCUT2D eigenvalue weighted by Gasteiger charge is -2.07. The summed E-state index contributed by atoms with van der Waals surface area (Å²) < 4.78 is 4.87. The molecule has 5 heteroatoms. The molecule has 1 rings (SSSR count). The molecule has 0 aliphatic heterocycles. The highest BCUT2D eigenvalue weighted by atomic mass is 35.5. The number of hydrogen-bond donors (Lipinski definition) is 1. The maximum absolute atomic E-state index is 10.8. The van der Waals surface area contributed by atoms with E-state index in [0.717, 1.165) is 0 Å². The van der Waals surface area contributed by atoms with E-state index < -0.39 is 11.3 Å². The number of carboxylic acid groups (broad SMARTS) is 1. The van der Waals surface area contributed by atoms with Gasteiger partial charge >= 0.3 is 5.97 Å². The van der Waals surface area contributed by atoms with Crippen molar-refractivity contribution in [2.24, 2.45) is 0 Å². The molecule has 1 aromatic carbocycles. The molecule has 1 unspecified atom stereocenters. The lowest BCUT2D eigenvalue weighted by molar-refractivity contribution is 0.0693. The van der Waals surface area contributed by atoms with Crippen LogP contribution in [-0.4, -0.2) is 18.2 Å². The van der Waals surface area contributed by atoms with E-state index in [1.54, 1.807) is 6.07 Å². The summed E-state index contributed by atoms with van der Waals surface area (Å²) in [4.78, 5) is 10.8. The van der Waals surface area contributed by atoms with Crippen LogP contribution in [0.2, 0.25) is 0 Å². The van der Waals surface area contributed by atoms with Crippen molar-refractivity contribution in [3.8, 4) is 11.8 Å². The second kappa shape index (κ2) is 4.67. The van der Waals surface area contributed by atoms with Gasteiger partial charge in [-0.2, -0.15) is 5.26 Å². The fourth-order valence-corrected chi connectivity index (χ4v) is 1.26. The monoisotopic (exact) mass is 225 g/mol. The third-order valence-electron chi connectivity index (χ3n) is 1.86. The molecule has 1 N–H and O–H groups in total. The maximum Gasteiger partial charge on any atom is 0.339 e. The molecule has 1 atom stereocenters. The largest absolute Gasteiger partial charge is 0.496 e. The zero-order chi connectivity index (χ0) is 11.4. The summed E-state index contributed by atoms with van der Waals surface area (Å²) in [5.41, 5.74) is 0.438. The van der Waals surface area contributed by atoms with Gasteiger partial charge in [-0.25, -0.2) is 4.79 Å². The van der Waals surface area contributed by atoms with Crippen LogP contribution < -0.4 is 4.74 Å². The standard InChI is InChI=1S/C10H8ClNO3/c1-15-9-3-2-6(8(11)5-12)4-7(9)10(13)14/h2-4,8H,1H3,(H,13,14). The Hall–Kier alpha value is -1.73. The van der Waals surface area contributed by atoms with Crippen LogP contribution in [0.15, 0.2) is 18.2 Å². The van der Waals surface area contributed by atoms with Gasteiger partial charge in [0.05, 0.1) is 13.2 Å². The lowest BCUT2D eigenvalue weighted by atomic mass is 10.1. The summed E-state index contributed by atoms with van der Waals surface area (Å²) in [6.07, 6.45) is 0. The molecule has 78 valence electrons. The van der Waals surface area contributed by atoms with Crippen LogP contribution in [-0.2, 0) is 0 Å². The van der Waals surface area contributed by atoms with E-state index in [2.05, 4.69) is 0 Å². The highest BCUT2D eigenvalue weighted by Gasteiger charge is 2.14. The molecule has 0 amide bonds. The summed E-state index contributed by atoms with van der Waals surface area (Å²) in [5, 5.41) is 16.6. The third kappa shape index (κ3) is 2.39. The molecule has 4 nitrogen and oxygen atoms in total. The summed E-state index contributed by atoms with van der Waals surface area (Å²) in [5.74, 6) is -0.872. The highest BCUT2D eigenvalue weighted by Crippen LogP contribution is 2.26. The van der Waals surface area contributed by atoms with Gasteiger partial charge in [0.2, 0.25) is 0 Å². The number of nitrogens with zero attached hydrogens (tertiary/aromatic N) is 1. The Morgan fingerprint density at radius 3 is 2.80 bits per heavy atom. The molecular weight excluding hydrogens is 218 g/mol. The fraction of sp³-hybridized carbons (Fsp3) is 0.200. The van der Waals surface area contributed by atoms with Gasteiger partial charge in [-0.1, -0.05) is 6.07 Å². The second-order valence-electron chi connectivity index (χ2n) is 2.76. The minimum atomic E-state index is -1.12. The van der Waals surface area contributed by atoms with Crippen molar-refractivity contribution in [2.45, 2.75) is 5.38 Å². The Balaban J connectivity index is 3.23. The summed E-state index contributed by atoms with van der Waals surface area (Å²) in [6.45, 7) is 0. The van der Waals surface area contributed by atoms with E-state index in [4.69, 9.17) is 26.7 Å². The molecule has 0 saturated heterocycles. The molecule has 0 bridgehead atoms. The average molecular weight is 226 g/mol. The molecule has 0 heterocycles. The molecular formula is C10H8ClNO3. The van der Waals surface area contributed by atoms with Gasteiger partial charge < -0.3 is 9.84 Å². The zero-order valence-electron chi connectivity index (χ0n) is 7.90. The minimum Gasteiger partial charge on any atom is -0.496 e. The van der Waals surface area contributed by atoms with Crippen LogP contribution in [0.4, 0.5) is 0 Å². The fourth-order valence-electron chi connectivity index (χ4n) is 1.12. The number of carbonyl (C=O) groups is 1. The number of methoxy groups -OCH3 is 1. The highest BCUT2D eigenvalue weighted by molar-refractivity contribution is 6.22. The Kier molecular flexibility index (Phi) is 3.53. The smallest absolute Gasteiger partial charge is 0.339 e. The van der Waals surface area contributed by atoms with Gasteiger partial charge in [-0.3, -0.25) is 0 Å². The van der Waals surface area contributed by atoms with Crippen molar-refractivity contribution < 1.29 is 14.6 Å². The number of nitriles is 1. The first-order valence-electron chi connectivity index (χ1n) is 4.05. The maximum atomic E-state index is 10.8. The van der Waals surface area contributed by atoms with E-state index >= 15 is 0 Å². The predicted octanol–water partition coefficient (Wildman–Crippen LogP) is 2.20. The van der Waals surface area contributed by atoms with Crippen LogP contribution in [0.1, 0.15) is 21.3 Å². The molecule has 15 heavy (non-hydrogen) atoms. The lowest BCUT2D eigenvalue weighted by Crippen LogP contribution is -2.02. The Morgan fingerprint density at radius 2 is 2.33 bits per heavy atom. The van der Waals surface area contributed by atoms with Crippen molar-refractivity contribution in [1.29, 1.82) is 5.26 Å². The predicted molar refractivity (Wildman–Crippen MR) is 54.2 cm³/mol. The van der Waals surface area contributed by atoms with E-state index in [1.165, 1.54) is 19.2 Å². The minimum absolute atomic E-state index is 0.00380. The van der Waals surface area contributed by atoms with Crippen molar-refractivity contribution in [3.63, 3.8) is 0 Å². The molecule has 0 aromatic heterocycles. The van der Waals surface area contributed by atoms with Crippen molar-refractivity contribution >= 4 is 17.6 Å². The van der Waals surface area contributed by atoms with Gasteiger partial charge in [0.1, 0.15) is 16.7 Å². The van der Waals surface area contributed by atoms with Crippen molar-refractivity contribution in [1.82, 2.24) is 0 Å². The van der Waals surface area contributed by atoms with E-state index in [1.807, 2.05) is 6.07 Å². The number of aromatic carboxylic acids is 1. The van der Waals surface area contributed by atoms with Crippen LogP contribution >= 0.6 is 11.6 Å². The van der Waals surface area contributed by atoms with E-state index in [0.29, 0.717) is 5.56 Å². The van der Waals surface area contributed by atoms with Gasteiger partial charge in [-0.05, 0) is 17.7 Å². The number of hydrogen-bond acceptors (Lipinski definition) is 3. The van der Waals surface area contributed by atoms with Crippen molar-refractivity contribution in [2.75, 3.05) is 7.11 Å². The topological polar surface area (TPSA) is 70.3 Å². The number of rotatable bonds is 3. The van der Waals surface area contributed by atoms with E-state index in [-0.39, 0.29) is 11.3 Å². The van der Waals surface area contributed by atoms with Crippen LogP contribution in [0.3, 0.4) is 0 Å². The van der Waals surface area contributed by atoms with Gasteiger partial charge in [0.25, 0.3) is 0 Å². The number of alkyl halides is 1. The normalized spacial score (nSPS) is 11.5. The molecule has 0 aliphatic rings. The molecule has 0 fully saturated rings. The quantitative estimate of drug-likeness (QED) is 0.801. The number of carboxylic acids is 1. The van der Waals surface area contributed by atoms with Crippen LogP contribution in [0, 0.1) is 11.3 Å². The SMILES string of the molecule is COc1ccc(C(Cl)C#N)cc1C(=O)O. The van der Waals surface area contributed by atoms with E-state index in [9.17, 15) is 4.79 Å². The second-order valence-corrected chi connectivity index (χ2v) is 3.19. The third-order valence-corrected chi connectivity index (χ3v) is 2.21. The number of benzene rings is 1. The first-order chi connectivity index (χ1) is 7.10. The van der Waals surface area contributed by atoms with Crippen LogP contribution in [0.5, 0.6) is 5.75 Å². The molecule has 1 aromatic rings. The molecule has 0 saturated carbocycles. The zero-order valence-corrected chi connectivity index (χ0v) is 8.65. The summed E-state index contributed by atoms with van der Waals surface area (Å²) in [7, 11) is 1.38. The first kappa shape index (κ1) is 11.3. The molecule has 0 radical (unpaired) electrons. The average Bonchev–Trinajstić information content (AvgIpc) is 2.27. The molecule has 0 aliphatic carbocycles. The van der Waals surface area contributed by atoms with Gasteiger partial charge in [-0.15, -0.1) is 11.6 Å².